The number of allylic oxidation sites excluding steroid dienone is 1. The lowest BCUT2D eigenvalue weighted by molar-refractivity contribution is -0.136. The van der Waals surface area contributed by atoms with Gasteiger partial charge in [-0.1, -0.05) is 86.7 Å². The van der Waals surface area contributed by atoms with Crippen LogP contribution in [0.2, 0.25) is 5.02 Å². The Hall–Kier alpha value is -7.29. The van der Waals surface area contributed by atoms with E-state index in [4.69, 9.17) is 11.6 Å². The highest BCUT2D eigenvalue weighted by Gasteiger charge is 2.49. The lowest BCUT2D eigenvalue weighted by Gasteiger charge is -2.39. The van der Waals surface area contributed by atoms with Crippen molar-refractivity contribution in [2.24, 2.45) is 5.41 Å². The Morgan fingerprint density at radius 3 is 2.15 bits per heavy atom. The zero-order chi connectivity index (χ0) is 67.0. The summed E-state index contributed by atoms with van der Waals surface area (Å²) >= 11 is 7.62. The van der Waals surface area contributed by atoms with Gasteiger partial charge < -0.3 is 20.4 Å². The number of alkyl halides is 3. The van der Waals surface area contributed by atoms with Crippen LogP contribution in [0.3, 0.4) is 0 Å². The molecular weight excluding hydrogens is 1290 g/mol. The van der Waals surface area contributed by atoms with Crippen molar-refractivity contribution >= 4 is 101 Å². The minimum atomic E-state index is -6.16. The molecule has 3 saturated heterocycles. The first-order valence-electron chi connectivity index (χ1n) is 31.9. The number of piperidine rings is 1. The Morgan fingerprint density at radius 2 is 1.45 bits per heavy atom. The van der Waals surface area contributed by atoms with Crippen LogP contribution in [0.1, 0.15) is 128 Å². The van der Waals surface area contributed by atoms with Crippen LogP contribution in [-0.4, -0.2) is 167 Å². The molecule has 0 bridgehead atoms. The molecule has 0 saturated carbocycles. The van der Waals surface area contributed by atoms with Gasteiger partial charge in [-0.2, -0.15) is 13.2 Å². The highest BCUT2D eigenvalue weighted by Crippen LogP contribution is 2.43. The molecule has 4 N–H and O–H groups in total. The third kappa shape index (κ3) is 17.0. The molecule has 4 heterocycles. The first-order chi connectivity index (χ1) is 44.8. The van der Waals surface area contributed by atoms with E-state index < -0.39 is 82.5 Å². The maximum atomic E-state index is 14.5. The van der Waals surface area contributed by atoms with Gasteiger partial charge in [0.2, 0.25) is 17.7 Å². The number of hydrogen-bond donors (Lipinski definition) is 4. The lowest BCUT2D eigenvalue weighted by atomic mass is 9.73. The summed E-state index contributed by atoms with van der Waals surface area (Å²) in [6.07, 6.45) is 7.86. The summed E-state index contributed by atoms with van der Waals surface area (Å²) in [4.78, 5) is 85.9. The molecule has 5 aromatic rings. The van der Waals surface area contributed by atoms with Gasteiger partial charge >= 0.3 is 5.51 Å². The van der Waals surface area contributed by atoms with E-state index >= 15 is 0 Å². The SMILES string of the molecule is CC1(C)CCC(c2ccc(Cl)cc2)=C(CN2CCN(c3ccc(C(=O)NS(=O)(=O)c4ccc(N[C@H](CCN5CCN(C(=O)CCCCCCCNc6cccc7c6C(=O)N([C@@H]6CCC(=O)NC6=O)C7=O)CC5)CSc5ccccc5)c(S(=O)(=O)C(F)(F)F)c4)cc3)CC2)C1. The highest BCUT2D eigenvalue weighted by molar-refractivity contribution is 7.99. The van der Waals surface area contributed by atoms with Gasteiger partial charge in [0.25, 0.3) is 37.6 Å². The number of fused-ring (bicyclic) bond motifs is 1. The van der Waals surface area contributed by atoms with E-state index in [2.05, 4.69) is 56.6 Å². The number of hydrogen-bond acceptors (Lipinski definition) is 16. The number of carbonyl (C=O) groups is 6. The lowest BCUT2D eigenvalue weighted by Crippen LogP contribution is -2.54. The van der Waals surface area contributed by atoms with Crippen LogP contribution in [0.5, 0.6) is 0 Å². The average Bonchev–Trinajstić information content (AvgIpc) is 1.67. The normalized spacial score (nSPS) is 18.7. The second-order valence-corrected chi connectivity index (χ2v) is 30.5. The molecule has 19 nitrogen and oxygen atoms in total. The predicted octanol–water partition coefficient (Wildman–Crippen LogP) is 10.5. The minimum Gasteiger partial charge on any atom is -0.384 e. The standard InChI is InChI=1S/C68H79ClF3N9O10S3/c1-67(2)31-29-54(46-17-21-49(69)22-18-46)48(43-67)44-78-36-38-79(39-37-78)51-23-19-47(20-24-51)63(84)76-94(90,91)53-25-26-56(59(42-53)93(88,89)68(70,71)72)74-50(45-92-52-12-7-6-8-13-52)30-33-77-34-40-80(41-35-77)61(83)16-9-4-3-5-10-32-73-57-15-11-14-55-62(57)66(87)81(65(55)86)58-27-28-60(82)75-64(58)85/h6-8,11-15,17-26,42,50,58,73-74H,3-5,9-10,16,27-41,43-45H2,1-2H3,(H,76,84)(H,75,82,85)/t50-,58-/m1/s1. The number of nitrogens with one attached hydrogen (secondary N) is 4. The number of piperazine rings is 2. The predicted molar refractivity (Wildman–Crippen MR) is 357 cm³/mol. The van der Waals surface area contributed by atoms with Crippen molar-refractivity contribution in [3.05, 3.63) is 148 Å². The molecule has 2 atom stereocenters. The monoisotopic (exact) mass is 1370 g/mol. The summed E-state index contributed by atoms with van der Waals surface area (Å²) in [6.45, 7) is 11.4. The molecule has 3 fully saturated rings. The molecular formula is C68H79ClF3N9O10S3. The number of unbranched alkanes of at least 4 members (excludes halogenated alkanes) is 4. The first kappa shape index (κ1) is 69.5. The van der Waals surface area contributed by atoms with Gasteiger partial charge in [-0.05, 0) is 140 Å². The van der Waals surface area contributed by atoms with E-state index in [1.165, 1.54) is 40.6 Å². The smallest absolute Gasteiger partial charge is 0.384 e. The minimum absolute atomic E-state index is 0.0273. The number of sulfonamides is 1. The van der Waals surface area contributed by atoms with Crippen molar-refractivity contribution in [1.29, 1.82) is 0 Å². The number of amides is 6. The van der Waals surface area contributed by atoms with Crippen LogP contribution in [0.15, 0.2) is 136 Å². The molecule has 1 aliphatic carbocycles. The zero-order valence-electron chi connectivity index (χ0n) is 52.7. The molecule has 4 aliphatic heterocycles. The number of halogens is 4. The molecule has 502 valence electrons. The second kappa shape index (κ2) is 30.2. The fourth-order valence-corrected chi connectivity index (χ4v) is 16.0. The summed E-state index contributed by atoms with van der Waals surface area (Å²) in [7, 11) is -11.1. The largest absolute Gasteiger partial charge is 0.501 e. The van der Waals surface area contributed by atoms with Gasteiger partial charge in [0, 0.05) is 123 Å². The van der Waals surface area contributed by atoms with Crippen LogP contribution in [0, 0.1) is 5.41 Å². The van der Waals surface area contributed by atoms with E-state index in [9.17, 15) is 58.8 Å². The Labute approximate surface area is 556 Å². The molecule has 26 heteroatoms. The van der Waals surface area contributed by atoms with E-state index in [1.807, 2.05) is 52.1 Å². The van der Waals surface area contributed by atoms with Gasteiger partial charge in [0.1, 0.15) is 10.9 Å². The molecule has 0 radical (unpaired) electrons. The topological polar surface area (TPSA) is 235 Å². The van der Waals surface area contributed by atoms with E-state index in [-0.39, 0.29) is 46.6 Å². The average molecular weight is 1370 g/mol. The van der Waals surface area contributed by atoms with E-state index in [1.54, 1.807) is 30.3 Å². The number of nitrogens with zero attached hydrogens (tertiary/aromatic N) is 5. The van der Waals surface area contributed by atoms with Gasteiger partial charge in [0.15, 0.2) is 0 Å². The van der Waals surface area contributed by atoms with Gasteiger partial charge in [0.05, 0.1) is 21.7 Å². The molecule has 0 aromatic heterocycles. The summed E-state index contributed by atoms with van der Waals surface area (Å²) in [5.41, 5.74) is -0.393. The van der Waals surface area contributed by atoms with Crippen molar-refractivity contribution in [2.45, 2.75) is 123 Å². The van der Waals surface area contributed by atoms with Crippen LogP contribution in [-0.2, 0) is 34.2 Å². The zero-order valence-corrected chi connectivity index (χ0v) is 55.9. The van der Waals surface area contributed by atoms with Gasteiger partial charge in [-0.25, -0.2) is 21.6 Å². The number of thioether (sulfide) groups is 1. The summed E-state index contributed by atoms with van der Waals surface area (Å²) in [6, 6.07) is 29.2. The Kier molecular flexibility index (Phi) is 22.3. The van der Waals surface area contributed by atoms with Crippen LogP contribution in [0.4, 0.5) is 30.2 Å². The summed E-state index contributed by atoms with van der Waals surface area (Å²) in [5.74, 6) is -3.02. The molecule has 0 spiro atoms. The number of sulfone groups is 1. The van der Waals surface area contributed by atoms with E-state index in [0.717, 1.165) is 92.2 Å². The molecule has 5 aromatic carbocycles. The maximum Gasteiger partial charge on any atom is 0.501 e. The Balaban J connectivity index is 0.695. The molecule has 10 rings (SSSR count). The molecule has 94 heavy (non-hydrogen) atoms. The van der Waals surface area contributed by atoms with Crippen LogP contribution < -0.4 is 25.6 Å². The number of rotatable bonds is 26. The quantitative estimate of drug-likeness (QED) is 0.0229. The number of anilines is 3. The van der Waals surface area contributed by atoms with E-state index in [0.29, 0.717) is 88.4 Å². The molecule has 5 aliphatic rings. The summed E-state index contributed by atoms with van der Waals surface area (Å²) < 4.78 is 99.9. The van der Waals surface area contributed by atoms with Crippen molar-refractivity contribution in [1.82, 2.24) is 29.6 Å². The third-order valence-electron chi connectivity index (χ3n) is 18.2. The summed E-state index contributed by atoms with van der Waals surface area (Å²) in [5, 5.41) is 9.18. The van der Waals surface area contributed by atoms with Crippen LogP contribution >= 0.6 is 23.4 Å². The Bertz CT molecular complexity index is 3880. The fourth-order valence-electron chi connectivity index (χ4n) is 12.9. The van der Waals surface area contributed by atoms with Crippen LogP contribution in [0.25, 0.3) is 5.57 Å². The Morgan fingerprint density at radius 1 is 0.755 bits per heavy atom. The van der Waals surface area contributed by atoms with Crippen molar-refractivity contribution < 1.29 is 58.8 Å². The van der Waals surface area contributed by atoms with Crippen molar-refractivity contribution in [2.75, 3.05) is 93.3 Å². The maximum absolute atomic E-state index is 14.5. The molecule has 0 unspecified atom stereocenters. The van der Waals surface area contributed by atoms with Gasteiger partial charge in [-0.3, -0.25) is 48.8 Å². The number of benzene rings is 5. The highest BCUT2D eigenvalue weighted by atomic mass is 35.5. The van der Waals surface area contributed by atoms with Crippen molar-refractivity contribution in [3.63, 3.8) is 0 Å². The third-order valence-corrected chi connectivity index (χ3v) is 22.4. The number of carbonyl (C=O) groups excluding carboxylic acids is 6. The fraction of sp³-hybridized carbons (Fsp3) is 0.441. The second-order valence-electron chi connectivity index (χ2n) is 25.4. The molecule has 6 amide bonds. The van der Waals surface area contributed by atoms with Crippen molar-refractivity contribution in [3.8, 4) is 0 Å². The number of imide groups is 2. The first-order valence-corrected chi connectivity index (χ1v) is 36.3. The van der Waals surface area contributed by atoms with Gasteiger partial charge in [-0.15, -0.1) is 11.8 Å².